The molecule has 0 unspecified atom stereocenters. The number of carbonyl (C=O) groups is 1. The maximum atomic E-state index is 10.9. The van der Waals surface area contributed by atoms with Gasteiger partial charge in [-0.2, -0.15) is 0 Å². The first kappa shape index (κ1) is 13.2. The molecule has 0 heterocycles. The van der Waals surface area contributed by atoms with Crippen molar-refractivity contribution in [2.24, 2.45) is 0 Å². The van der Waals surface area contributed by atoms with Crippen LogP contribution in [0.3, 0.4) is 0 Å². The highest BCUT2D eigenvalue weighted by molar-refractivity contribution is 5.69. The Balaban J connectivity index is 3.13. The van der Waals surface area contributed by atoms with Crippen molar-refractivity contribution in [3.8, 4) is 0 Å². The van der Waals surface area contributed by atoms with Gasteiger partial charge in [-0.15, -0.1) is 0 Å². The summed E-state index contributed by atoms with van der Waals surface area (Å²) >= 11 is 0. The van der Waals surface area contributed by atoms with Gasteiger partial charge in [-0.1, -0.05) is 25.5 Å². The van der Waals surface area contributed by atoms with Gasteiger partial charge in [-0.3, -0.25) is 4.79 Å². The van der Waals surface area contributed by atoms with Crippen molar-refractivity contribution in [3.63, 3.8) is 0 Å². The van der Waals surface area contributed by atoms with Gasteiger partial charge < -0.3 is 4.74 Å². The number of hydrogen-bond donors (Lipinski definition) is 0. The first-order chi connectivity index (χ1) is 6.81. The van der Waals surface area contributed by atoms with E-state index in [9.17, 15) is 4.79 Å². The summed E-state index contributed by atoms with van der Waals surface area (Å²) in [5, 5.41) is 0. The SMILES string of the molecule is CCC=CCCCCCC(=O)OCC. The maximum absolute atomic E-state index is 10.9. The zero-order valence-electron chi connectivity index (χ0n) is 9.42. The van der Waals surface area contributed by atoms with Gasteiger partial charge in [0.15, 0.2) is 0 Å². The predicted octanol–water partition coefficient (Wildman–Crippen LogP) is 3.47. The first-order valence-electron chi connectivity index (χ1n) is 5.61. The molecule has 0 fully saturated rings. The largest absolute Gasteiger partial charge is 0.466 e. The average Bonchev–Trinajstić information content (AvgIpc) is 2.17. The molecule has 0 atom stereocenters. The van der Waals surface area contributed by atoms with Gasteiger partial charge in [0.25, 0.3) is 0 Å². The Labute approximate surface area is 87.3 Å². The van der Waals surface area contributed by atoms with Crippen LogP contribution in [0.1, 0.15) is 52.4 Å². The van der Waals surface area contributed by atoms with Crippen molar-refractivity contribution in [1.29, 1.82) is 0 Å². The Morgan fingerprint density at radius 2 is 1.93 bits per heavy atom. The molecule has 14 heavy (non-hydrogen) atoms. The van der Waals surface area contributed by atoms with Gasteiger partial charge in [0.2, 0.25) is 0 Å². The summed E-state index contributed by atoms with van der Waals surface area (Å²) in [5.41, 5.74) is 0. The maximum Gasteiger partial charge on any atom is 0.305 e. The van der Waals surface area contributed by atoms with E-state index < -0.39 is 0 Å². The summed E-state index contributed by atoms with van der Waals surface area (Å²) in [4.78, 5) is 10.9. The molecule has 0 amide bonds. The fourth-order valence-corrected chi connectivity index (χ4v) is 1.23. The number of ether oxygens (including phenoxy) is 1. The van der Waals surface area contributed by atoms with Crippen LogP contribution >= 0.6 is 0 Å². The second kappa shape index (κ2) is 10.3. The van der Waals surface area contributed by atoms with Gasteiger partial charge in [0.1, 0.15) is 0 Å². The Hall–Kier alpha value is -0.790. The third kappa shape index (κ3) is 9.30. The van der Waals surface area contributed by atoms with Gasteiger partial charge >= 0.3 is 5.97 Å². The van der Waals surface area contributed by atoms with Gasteiger partial charge in [-0.25, -0.2) is 0 Å². The van der Waals surface area contributed by atoms with Crippen molar-refractivity contribution in [2.75, 3.05) is 6.61 Å². The molecule has 82 valence electrons. The highest BCUT2D eigenvalue weighted by atomic mass is 16.5. The molecule has 0 radical (unpaired) electrons. The van der Waals surface area contributed by atoms with Crippen LogP contribution in [0.4, 0.5) is 0 Å². The second-order valence-electron chi connectivity index (χ2n) is 3.28. The Morgan fingerprint density at radius 1 is 1.14 bits per heavy atom. The van der Waals surface area contributed by atoms with E-state index in [4.69, 9.17) is 4.74 Å². The van der Waals surface area contributed by atoms with Crippen LogP contribution in [0.25, 0.3) is 0 Å². The fraction of sp³-hybridized carbons (Fsp3) is 0.750. The van der Waals surface area contributed by atoms with Crippen molar-refractivity contribution in [3.05, 3.63) is 12.2 Å². The molecule has 0 saturated heterocycles. The Bertz CT molecular complexity index is 162. The monoisotopic (exact) mass is 198 g/mol. The predicted molar refractivity (Wildman–Crippen MR) is 59.1 cm³/mol. The molecule has 0 aromatic carbocycles. The summed E-state index contributed by atoms with van der Waals surface area (Å²) < 4.78 is 4.83. The summed E-state index contributed by atoms with van der Waals surface area (Å²) in [7, 11) is 0. The third-order valence-electron chi connectivity index (χ3n) is 1.96. The van der Waals surface area contributed by atoms with E-state index in [0.29, 0.717) is 13.0 Å². The summed E-state index contributed by atoms with van der Waals surface area (Å²) in [6, 6.07) is 0. The van der Waals surface area contributed by atoms with E-state index >= 15 is 0 Å². The van der Waals surface area contributed by atoms with E-state index in [2.05, 4.69) is 19.1 Å². The molecule has 0 spiro atoms. The molecule has 0 aromatic rings. The zero-order valence-corrected chi connectivity index (χ0v) is 9.42. The third-order valence-corrected chi connectivity index (χ3v) is 1.96. The second-order valence-corrected chi connectivity index (χ2v) is 3.28. The summed E-state index contributed by atoms with van der Waals surface area (Å²) in [6.45, 7) is 4.47. The lowest BCUT2D eigenvalue weighted by Gasteiger charge is -2.00. The van der Waals surface area contributed by atoms with Crippen LogP contribution in [-0.4, -0.2) is 12.6 Å². The minimum absolute atomic E-state index is 0.0587. The molecule has 0 N–H and O–H groups in total. The minimum Gasteiger partial charge on any atom is -0.466 e. The Kier molecular flexibility index (Phi) is 9.71. The van der Waals surface area contributed by atoms with E-state index in [1.54, 1.807) is 0 Å². The molecule has 2 heteroatoms. The molecule has 0 rings (SSSR count). The van der Waals surface area contributed by atoms with Crippen molar-refractivity contribution in [1.82, 2.24) is 0 Å². The normalized spacial score (nSPS) is 10.7. The molecule has 2 nitrogen and oxygen atoms in total. The first-order valence-corrected chi connectivity index (χ1v) is 5.61. The van der Waals surface area contributed by atoms with E-state index in [0.717, 1.165) is 25.7 Å². The number of carbonyl (C=O) groups excluding carboxylic acids is 1. The molecule has 0 aliphatic carbocycles. The van der Waals surface area contributed by atoms with Crippen LogP contribution in [0.15, 0.2) is 12.2 Å². The van der Waals surface area contributed by atoms with Gasteiger partial charge in [0.05, 0.1) is 6.61 Å². The number of rotatable bonds is 8. The van der Waals surface area contributed by atoms with Crippen molar-refractivity contribution >= 4 is 5.97 Å². The number of hydrogen-bond acceptors (Lipinski definition) is 2. The fourth-order valence-electron chi connectivity index (χ4n) is 1.23. The summed E-state index contributed by atoms with van der Waals surface area (Å²) in [5.74, 6) is -0.0587. The lowest BCUT2D eigenvalue weighted by Crippen LogP contribution is -2.02. The van der Waals surface area contributed by atoms with E-state index in [-0.39, 0.29) is 5.97 Å². The zero-order chi connectivity index (χ0) is 10.6. The smallest absolute Gasteiger partial charge is 0.305 e. The Morgan fingerprint density at radius 3 is 2.57 bits per heavy atom. The van der Waals surface area contributed by atoms with Crippen molar-refractivity contribution in [2.45, 2.75) is 52.4 Å². The number of unbranched alkanes of at least 4 members (excludes halogenated alkanes) is 3. The van der Waals surface area contributed by atoms with Crippen LogP contribution in [-0.2, 0) is 9.53 Å². The highest BCUT2D eigenvalue weighted by Gasteiger charge is 1.99. The quantitative estimate of drug-likeness (QED) is 0.339. The van der Waals surface area contributed by atoms with Gasteiger partial charge in [-0.05, 0) is 32.6 Å². The highest BCUT2D eigenvalue weighted by Crippen LogP contribution is 2.04. The molecule has 0 aliphatic rings. The van der Waals surface area contributed by atoms with Crippen LogP contribution in [0, 0.1) is 0 Å². The van der Waals surface area contributed by atoms with Crippen LogP contribution < -0.4 is 0 Å². The summed E-state index contributed by atoms with van der Waals surface area (Å²) in [6.07, 6.45) is 10.5. The molecule has 0 aromatic heterocycles. The van der Waals surface area contributed by atoms with Crippen molar-refractivity contribution < 1.29 is 9.53 Å². The molecule has 0 saturated carbocycles. The molecule has 0 aliphatic heterocycles. The van der Waals surface area contributed by atoms with Gasteiger partial charge in [0, 0.05) is 6.42 Å². The molecule has 0 bridgehead atoms. The van der Waals surface area contributed by atoms with E-state index in [1.165, 1.54) is 6.42 Å². The number of allylic oxidation sites excluding steroid dienone is 2. The lowest BCUT2D eigenvalue weighted by atomic mass is 10.1. The van der Waals surface area contributed by atoms with E-state index in [1.807, 2.05) is 6.92 Å². The number of esters is 1. The minimum atomic E-state index is -0.0587. The lowest BCUT2D eigenvalue weighted by molar-refractivity contribution is -0.143. The van der Waals surface area contributed by atoms with Crippen LogP contribution in [0.5, 0.6) is 0 Å². The average molecular weight is 198 g/mol. The molecular formula is C12H22O2. The van der Waals surface area contributed by atoms with Crippen LogP contribution in [0.2, 0.25) is 0 Å². The standard InChI is InChI=1S/C12H22O2/c1-3-5-6-7-8-9-10-11-12(13)14-4-2/h5-6H,3-4,7-11H2,1-2H3. The topological polar surface area (TPSA) is 26.3 Å². The molecular weight excluding hydrogens is 176 g/mol.